The minimum Gasteiger partial charge on any atom is -0.756 e. The number of fused-ring (bicyclic) bond motifs is 1. The van der Waals surface area contributed by atoms with Crippen LogP contribution in [0.5, 0.6) is 0 Å². The maximum Gasteiger partial charge on any atom is 1.00 e. The molecule has 45 heavy (non-hydrogen) atoms. The molecule has 3 aromatic heterocycles. The molecule has 0 spiro atoms. The van der Waals surface area contributed by atoms with Gasteiger partial charge in [0, 0.05) is 0 Å². The standard InChI is InChI=1S/C19H28N8O15P2.Na/c1-6-10(28)12(30)14(32)18(40-6)27-2-7(24-25-27)3-38-43(34,35)42-44(36,37)39-4-8-11(29)13(31)17(41-8)26-5-21-9-15(26)22-19(20)23-16(9)33;/h2,5-6,8,10-14,17-18,28-32H,3-4H2,1H3,(H,34,35)(H,36,37)(H3,20,22,23,33);/q;+1/p-1/t6-,8-,10+,11-,12+,13-,14-,17-,18-;/m1./s1. The maximum absolute atomic E-state index is 12.3. The Balaban J connectivity index is 0.00000461. The number of phosphoric ester groups is 2. The Morgan fingerprint density at radius 2 is 1.76 bits per heavy atom. The van der Waals surface area contributed by atoms with Gasteiger partial charge in [0.2, 0.25) is 5.95 Å². The van der Waals surface area contributed by atoms with Gasteiger partial charge in [-0.25, -0.2) is 18.5 Å². The van der Waals surface area contributed by atoms with Gasteiger partial charge in [0.25, 0.3) is 13.4 Å². The molecule has 9 N–H and O–H groups in total. The number of rotatable bonds is 10. The number of nitrogens with zero attached hydrogens (tertiary/aromatic N) is 6. The summed E-state index contributed by atoms with van der Waals surface area (Å²) in [5.41, 5.74) is 4.44. The molecule has 2 fully saturated rings. The Bertz CT molecular complexity index is 1660. The van der Waals surface area contributed by atoms with Crippen LogP contribution in [-0.2, 0) is 38.6 Å². The number of nitrogens with one attached hydrogen (secondary N) is 1. The number of aromatic amines is 1. The molecular weight excluding hydrogens is 665 g/mol. The molecule has 23 nitrogen and oxygen atoms in total. The summed E-state index contributed by atoms with van der Waals surface area (Å²) in [7, 11) is -11.0. The average Bonchev–Trinajstić information content (AvgIpc) is 3.65. The van der Waals surface area contributed by atoms with Gasteiger partial charge in [-0.2, -0.15) is 4.98 Å². The van der Waals surface area contributed by atoms with E-state index < -0.39 is 89.6 Å². The molecule has 26 heteroatoms. The molecule has 0 bridgehead atoms. The van der Waals surface area contributed by atoms with E-state index in [-0.39, 0.29) is 52.4 Å². The van der Waals surface area contributed by atoms with Crippen molar-refractivity contribution in [1.82, 2.24) is 34.5 Å². The van der Waals surface area contributed by atoms with E-state index in [1.165, 1.54) is 6.92 Å². The largest absolute Gasteiger partial charge is 1.00 e. The molecule has 2 saturated heterocycles. The van der Waals surface area contributed by atoms with Gasteiger partial charge in [0.15, 0.2) is 23.6 Å². The van der Waals surface area contributed by atoms with Gasteiger partial charge in [-0.3, -0.25) is 23.4 Å². The number of nitrogen functional groups attached to an aromatic ring is 1. The predicted octanol–water partition coefficient (Wildman–Crippen LogP) is -7.26. The van der Waals surface area contributed by atoms with Crippen LogP contribution in [0, 0.1) is 0 Å². The summed E-state index contributed by atoms with van der Waals surface area (Å²) in [5.74, 6) is -0.269. The Morgan fingerprint density at radius 3 is 2.47 bits per heavy atom. The fraction of sp³-hybridized carbons (Fsp3) is 0.632. The van der Waals surface area contributed by atoms with Crippen molar-refractivity contribution in [2.45, 2.75) is 68.7 Å². The third-order valence-electron chi connectivity index (χ3n) is 6.68. The number of hydrogen-bond acceptors (Lipinski definition) is 19. The van der Waals surface area contributed by atoms with Gasteiger partial charge in [0.05, 0.1) is 25.2 Å². The third-order valence-corrected chi connectivity index (χ3v) is 9.23. The van der Waals surface area contributed by atoms with Gasteiger partial charge in [-0.05, 0) is 6.92 Å². The number of anilines is 1. The summed E-state index contributed by atoms with van der Waals surface area (Å²) < 4.78 is 50.8. The van der Waals surface area contributed by atoms with Crippen molar-refractivity contribution in [3.05, 3.63) is 28.6 Å². The van der Waals surface area contributed by atoms with Crippen LogP contribution in [0.15, 0.2) is 17.3 Å². The minimum atomic E-state index is -5.61. The van der Waals surface area contributed by atoms with E-state index in [0.717, 1.165) is 21.8 Å². The zero-order chi connectivity index (χ0) is 32.1. The van der Waals surface area contributed by atoms with E-state index in [0.29, 0.717) is 0 Å². The van der Waals surface area contributed by atoms with Crippen LogP contribution in [0.1, 0.15) is 25.1 Å². The molecule has 2 aliphatic heterocycles. The smallest absolute Gasteiger partial charge is 0.756 e. The molecule has 0 amide bonds. The Hall–Kier alpha value is -1.73. The van der Waals surface area contributed by atoms with Crippen LogP contribution in [0.4, 0.5) is 5.95 Å². The summed E-state index contributed by atoms with van der Waals surface area (Å²) in [6, 6.07) is 0. The van der Waals surface area contributed by atoms with Crippen LogP contribution < -0.4 is 45.7 Å². The normalized spacial score (nSPS) is 33.0. The van der Waals surface area contributed by atoms with Gasteiger partial charge >= 0.3 is 37.4 Å². The minimum absolute atomic E-state index is 0. The van der Waals surface area contributed by atoms with E-state index in [1.54, 1.807) is 0 Å². The zero-order valence-electron chi connectivity index (χ0n) is 23.3. The number of nitrogens with two attached hydrogens (primary N) is 1. The molecule has 2 aliphatic rings. The molecule has 2 unspecified atom stereocenters. The number of imidazole rings is 1. The van der Waals surface area contributed by atoms with Crippen molar-refractivity contribution in [3.63, 3.8) is 0 Å². The van der Waals surface area contributed by atoms with E-state index >= 15 is 0 Å². The third kappa shape index (κ3) is 7.71. The van der Waals surface area contributed by atoms with Crippen LogP contribution in [0.2, 0.25) is 0 Å². The fourth-order valence-corrected chi connectivity index (χ4v) is 6.48. The van der Waals surface area contributed by atoms with Crippen molar-refractivity contribution in [2.75, 3.05) is 12.3 Å². The van der Waals surface area contributed by atoms with Crippen LogP contribution in [-0.4, -0.2) is 114 Å². The Kier molecular flexibility index (Phi) is 11.1. The first kappa shape index (κ1) is 36.1. The number of aliphatic hydroxyl groups excluding tert-OH is 5. The van der Waals surface area contributed by atoms with Crippen molar-refractivity contribution in [3.8, 4) is 0 Å². The monoisotopic (exact) mass is 692 g/mol. The summed E-state index contributed by atoms with van der Waals surface area (Å²) in [4.78, 5) is 44.2. The van der Waals surface area contributed by atoms with Gasteiger partial charge in [-0.1, -0.05) is 5.21 Å². The number of H-pyrrole nitrogens is 1. The second-order valence-electron chi connectivity index (χ2n) is 9.78. The topological polar surface area (TPSA) is 345 Å². The average molecular weight is 692 g/mol. The first-order chi connectivity index (χ1) is 20.6. The zero-order valence-corrected chi connectivity index (χ0v) is 27.1. The molecule has 0 aliphatic carbocycles. The number of hydrogen-bond donors (Lipinski definition) is 8. The second-order valence-corrected chi connectivity index (χ2v) is 12.8. The van der Waals surface area contributed by atoms with Gasteiger partial charge in [-0.15, -0.1) is 5.10 Å². The van der Waals surface area contributed by atoms with E-state index in [9.17, 15) is 49.2 Å². The first-order valence-electron chi connectivity index (χ1n) is 12.6. The summed E-state index contributed by atoms with van der Waals surface area (Å²) >= 11 is 0. The number of ether oxygens (including phenoxy) is 2. The number of phosphoric acid groups is 2. The maximum atomic E-state index is 12.3. The SMILES string of the molecule is C[C@H]1O[C@@H](n2cc(COP(=O)(O)OP(=O)([O-])OC[C@H]3O[C@@H](n4cnc5c(=O)[nH]c(N)nc54)[C@H](O)[C@@H]3O)nn2)[C@H](O)[C@@H](O)[C@H]1O.[Na+]. The summed E-state index contributed by atoms with van der Waals surface area (Å²) in [5, 5.41) is 58.0. The molecule has 5 heterocycles. The molecular formula is C19H27N8NaO15P2. The quantitative estimate of drug-likeness (QED) is 0.0722. The molecule has 244 valence electrons. The van der Waals surface area contributed by atoms with Gasteiger partial charge in [0.1, 0.15) is 48.9 Å². The molecule has 11 atom stereocenters. The first-order valence-corrected chi connectivity index (χ1v) is 15.5. The molecule has 0 radical (unpaired) electrons. The fourth-order valence-electron chi connectivity index (χ4n) is 4.46. The van der Waals surface area contributed by atoms with Crippen molar-refractivity contribution < 1.29 is 96.8 Å². The van der Waals surface area contributed by atoms with Crippen molar-refractivity contribution in [2.24, 2.45) is 0 Å². The number of aromatic nitrogens is 7. The van der Waals surface area contributed by atoms with E-state index in [1.807, 2.05) is 0 Å². The molecule has 0 aromatic carbocycles. The van der Waals surface area contributed by atoms with Crippen molar-refractivity contribution >= 4 is 32.8 Å². The Labute approximate surface area is 273 Å². The molecule has 0 saturated carbocycles. The van der Waals surface area contributed by atoms with E-state index in [2.05, 4.69) is 38.6 Å². The van der Waals surface area contributed by atoms with Crippen LogP contribution in [0.25, 0.3) is 11.2 Å². The van der Waals surface area contributed by atoms with Crippen molar-refractivity contribution in [1.29, 1.82) is 0 Å². The van der Waals surface area contributed by atoms with Crippen LogP contribution in [0.3, 0.4) is 0 Å². The van der Waals surface area contributed by atoms with E-state index in [4.69, 9.17) is 15.2 Å². The molecule has 3 aromatic rings. The Morgan fingerprint density at radius 1 is 1.07 bits per heavy atom. The predicted molar refractivity (Wildman–Crippen MR) is 135 cm³/mol. The summed E-state index contributed by atoms with van der Waals surface area (Å²) in [6.07, 6.45) is -10.9. The molecule has 5 rings (SSSR count). The van der Waals surface area contributed by atoms with Gasteiger partial charge < -0.3 is 55.1 Å². The second kappa shape index (κ2) is 13.8. The van der Waals surface area contributed by atoms with Crippen LogP contribution >= 0.6 is 15.6 Å². The number of aliphatic hydroxyl groups is 5. The summed E-state index contributed by atoms with van der Waals surface area (Å²) in [6.45, 7) is -0.375.